The Morgan fingerprint density at radius 3 is 2.83 bits per heavy atom. The van der Waals surface area contributed by atoms with Gasteiger partial charge in [-0.1, -0.05) is 18.5 Å². The molecule has 2 heterocycles. The Bertz CT molecular complexity index is 628. The Balaban J connectivity index is 1.97. The number of rotatable bonds is 4. The molecule has 0 radical (unpaired) electrons. The van der Waals surface area contributed by atoms with E-state index in [-0.39, 0.29) is 22.4 Å². The number of ether oxygens (including phenoxy) is 1. The van der Waals surface area contributed by atoms with Crippen LogP contribution < -0.4 is 9.64 Å². The van der Waals surface area contributed by atoms with E-state index < -0.39 is 17.9 Å². The van der Waals surface area contributed by atoms with Gasteiger partial charge in [-0.2, -0.15) is 0 Å². The van der Waals surface area contributed by atoms with E-state index >= 15 is 0 Å². The van der Waals surface area contributed by atoms with E-state index in [1.54, 1.807) is 0 Å². The molecule has 0 saturated carbocycles. The predicted octanol–water partition coefficient (Wildman–Crippen LogP) is 3.59. The van der Waals surface area contributed by atoms with E-state index in [1.165, 1.54) is 11.0 Å². The number of nitrogens with zero attached hydrogens (tertiary/aromatic N) is 2. The van der Waals surface area contributed by atoms with Gasteiger partial charge in [0.1, 0.15) is 17.6 Å². The summed E-state index contributed by atoms with van der Waals surface area (Å²) in [7, 11) is 0. The van der Waals surface area contributed by atoms with E-state index in [0.717, 1.165) is 30.2 Å². The number of carbonyl (C=O) groups is 2. The number of amides is 3. The van der Waals surface area contributed by atoms with Crippen LogP contribution in [0.15, 0.2) is 12.1 Å². The molecule has 2 aliphatic rings. The molecule has 1 atom stereocenters. The normalized spacial score (nSPS) is 20.9. The zero-order valence-corrected chi connectivity index (χ0v) is 13.6. The molecular weight excluding hydrogens is 323 g/mol. The lowest BCUT2D eigenvalue weighted by molar-refractivity contribution is -0.120. The van der Waals surface area contributed by atoms with Gasteiger partial charge in [0.2, 0.25) is 0 Å². The van der Waals surface area contributed by atoms with Crippen LogP contribution in [0.2, 0.25) is 5.02 Å². The minimum Gasteiger partial charge on any atom is -0.492 e. The highest BCUT2D eigenvalue weighted by Gasteiger charge is 2.47. The lowest BCUT2D eigenvalue weighted by Crippen LogP contribution is -2.39. The Labute approximate surface area is 138 Å². The number of imide groups is 1. The number of urea groups is 1. The minimum atomic E-state index is -0.708. The Morgan fingerprint density at radius 2 is 2.13 bits per heavy atom. The number of hydrogen-bond acceptors (Lipinski definition) is 3. The molecule has 23 heavy (non-hydrogen) atoms. The standard InChI is InChI=1S/C16H18ClFN2O3/c1-2-7-23-14-9-13(11(18)8-10(14)17)20-15(21)12-5-3-4-6-19(12)16(20)22/h8-9,12H,2-7H2,1H3. The van der Waals surface area contributed by atoms with Gasteiger partial charge in [-0.3, -0.25) is 4.79 Å². The Morgan fingerprint density at radius 1 is 1.35 bits per heavy atom. The number of piperidine rings is 1. The summed E-state index contributed by atoms with van der Waals surface area (Å²) in [4.78, 5) is 27.5. The topological polar surface area (TPSA) is 49.9 Å². The second-order valence-corrected chi connectivity index (χ2v) is 6.15. The molecule has 0 N–H and O–H groups in total. The average molecular weight is 341 g/mol. The number of halogens is 2. The van der Waals surface area contributed by atoms with Gasteiger partial charge in [0.05, 0.1) is 17.3 Å². The van der Waals surface area contributed by atoms with Crippen molar-refractivity contribution >= 4 is 29.2 Å². The molecule has 0 aliphatic carbocycles. The van der Waals surface area contributed by atoms with Crippen molar-refractivity contribution in [2.24, 2.45) is 0 Å². The lowest BCUT2D eigenvalue weighted by atomic mass is 10.0. The number of hydrogen-bond donors (Lipinski definition) is 0. The fourth-order valence-corrected chi connectivity index (χ4v) is 3.23. The summed E-state index contributed by atoms with van der Waals surface area (Å²) in [5, 5.41) is 0.122. The molecule has 2 saturated heterocycles. The first-order chi connectivity index (χ1) is 11.0. The molecule has 124 valence electrons. The van der Waals surface area contributed by atoms with Crippen molar-refractivity contribution in [3.8, 4) is 5.75 Å². The third-order valence-electron chi connectivity index (χ3n) is 4.15. The molecule has 1 unspecified atom stereocenters. The summed E-state index contributed by atoms with van der Waals surface area (Å²) < 4.78 is 19.8. The van der Waals surface area contributed by atoms with Gasteiger partial charge < -0.3 is 9.64 Å². The molecule has 2 aliphatic heterocycles. The van der Waals surface area contributed by atoms with Crippen molar-refractivity contribution < 1.29 is 18.7 Å². The van der Waals surface area contributed by atoms with Crippen LogP contribution in [-0.2, 0) is 4.79 Å². The number of benzene rings is 1. The van der Waals surface area contributed by atoms with Crippen LogP contribution in [0.25, 0.3) is 0 Å². The Kier molecular flexibility index (Phi) is 4.43. The van der Waals surface area contributed by atoms with Crippen molar-refractivity contribution in [1.82, 2.24) is 4.90 Å². The molecule has 2 fully saturated rings. The SMILES string of the molecule is CCCOc1cc(N2C(=O)C3CCCCN3C2=O)c(F)cc1Cl. The van der Waals surface area contributed by atoms with Crippen molar-refractivity contribution in [3.63, 3.8) is 0 Å². The maximum atomic E-state index is 14.3. The molecule has 0 bridgehead atoms. The summed E-state index contributed by atoms with van der Waals surface area (Å²) in [6.45, 7) is 2.88. The first-order valence-electron chi connectivity index (χ1n) is 7.81. The van der Waals surface area contributed by atoms with Crippen LogP contribution in [0, 0.1) is 5.82 Å². The zero-order valence-electron chi connectivity index (χ0n) is 12.8. The molecule has 1 aromatic carbocycles. The molecule has 1 aromatic rings. The highest BCUT2D eigenvalue weighted by atomic mass is 35.5. The summed E-state index contributed by atoms with van der Waals surface area (Å²) in [6, 6.07) is 1.47. The average Bonchev–Trinajstić information content (AvgIpc) is 2.79. The lowest BCUT2D eigenvalue weighted by Gasteiger charge is -2.26. The van der Waals surface area contributed by atoms with Crippen LogP contribution in [0.4, 0.5) is 14.9 Å². The summed E-state index contributed by atoms with van der Waals surface area (Å²) in [5.74, 6) is -0.812. The largest absolute Gasteiger partial charge is 0.492 e. The quantitative estimate of drug-likeness (QED) is 0.787. The van der Waals surface area contributed by atoms with Gasteiger partial charge in [0, 0.05) is 12.6 Å². The molecule has 3 rings (SSSR count). The molecule has 3 amide bonds. The van der Waals surface area contributed by atoms with Gasteiger partial charge >= 0.3 is 6.03 Å². The number of fused-ring (bicyclic) bond motifs is 1. The van der Waals surface area contributed by atoms with Gasteiger partial charge in [0.25, 0.3) is 5.91 Å². The summed E-state index contributed by atoms with van der Waals surface area (Å²) >= 11 is 5.97. The van der Waals surface area contributed by atoms with Gasteiger partial charge in [0.15, 0.2) is 0 Å². The molecule has 0 aromatic heterocycles. The maximum Gasteiger partial charge on any atom is 0.332 e. The van der Waals surface area contributed by atoms with Gasteiger partial charge in [-0.05, 0) is 31.7 Å². The van der Waals surface area contributed by atoms with E-state index in [0.29, 0.717) is 19.6 Å². The number of anilines is 1. The van der Waals surface area contributed by atoms with Crippen LogP contribution in [0.1, 0.15) is 32.6 Å². The fourth-order valence-electron chi connectivity index (χ4n) is 3.02. The predicted molar refractivity (Wildman–Crippen MR) is 84.4 cm³/mol. The van der Waals surface area contributed by atoms with Crippen molar-refractivity contribution in [3.05, 3.63) is 23.0 Å². The van der Waals surface area contributed by atoms with E-state index in [9.17, 15) is 14.0 Å². The van der Waals surface area contributed by atoms with Crippen LogP contribution in [0.5, 0.6) is 5.75 Å². The van der Waals surface area contributed by atoms with Crippen molar-refractivity contribution in [2.75, 3.05) is 18.1 Å². The van der Waals surface area contributed by atoms with E-state index in [4.69, 9.17) is 16.3 Å². The molecule has 0 spiro atoms. The zero-order chi connectivity index (χ0) is 16.6. The van der Waals surface area contributed by atoms with Crippen molar-refractivity contribution in [1.29, 1.82) is 0 Å². The first-order valence-corrected chi connectivity index (χ1v) is 8.18. The van der Waals surface area contributed by atoms with E-state index in [1.807, 2.05) is 6.92 Å². The highest BCUT2D eigenvalue weighted by Crippen LogP contribution is 2.37. The third kappa shape index (κ3) is 2.76. The van der Waals surface area contributed by atoms with Gasteiger partial charge in [-0.15, -0.1) is 0 Å². The second kappa shape index (κ2) is 6.35. The summed E-state index contributed by atoms with van der Waals surface area (Å²) in [5.41, 5.74) is -0.0927. The molecular formula is C16H18ClFN2O3. The number of carbonyl (C=O) groups excluding carboxylic acids is 2. The third-order valence-corrected chi connectivity index (χ3v) is 4.44. The van der Waals surface area contributed by atoms with Crippen LogP contribution in [-0.4, -0.2) is 36.0 Å². The van der Waals surface area contributed by atoms with Crippen LogP contribution >= 0.6 is 11.6 Å². The Hall–Kier alpha value is -1.82. The fraction of sp³-hybridized carbons (Fsp3) is 0.500. The monoisotopic (exact) mass is 340 g/mol. The van der Waals surface area contributed by atoms with Gasteiger partial charge in [-0.25, -0.2) is 14.1 Å². The highest BCUT2D eigenvalue weighted by molar-refractivity contribution is 6.32. The smallest absolute Gasteiger partial charge is 0.332 e. The first kappa shape index (κ1) is 16.1. The van der Waals surface area contributed by atoms with E-state index in [2.05, 4.69) is 0 Å². The minimum absolute atomic E-state index is 0.0927. The van der Waals surface area contributed by atoms with Crippen LogP contribution in [0.3, 0.4) is 0 Å². The second-order valence-electron chi connectivity index (χ2n) is 5.74. The maximum absolute atomic E-state index is 14.3. The molecule has 7 heteroatoms. The van der Waals surface area contributed by atoms with Crippen molar-refractivity contribution in [2.45, 2.75) is 38.6 Å². The summed E-state index contributed by atoms with van der Waals surface area (Å²) in [6.07, 6.45) is 3.13. The molecule has 5 nitrogen and oxygen atoms in total.